The maximum absolute atomic E-state index is 11.4. The molecule has 29 heavy (non-hydrogen) atoms. The summed E-state index contributed by atoms with van der Waals surface area (Å²) >= 11 is 0. The first-order valence-corrected chi connectivity index (χ1v) is 10.8. The number of nitrogens with zero attached hydrogens (tertiary/aromatic N) is 4. The highest BCUT2D eigenvalue weighted by molar-refractivity contribution is 7.85. The van der Waals surface area contributed by atoms with E-state index in [-0.39, 0.29) is 4.90 Å². The first-order valence-electron chi connectivity index (χ1n) is 9.35. The molecule has 0 amide bonds. The van der Waals surface area contributed by atoms with Crippen LogP contribution in [0.3, 0.4) is 0 Å². The second kappa shape index (κ2) is 7.46. The Morgan fingerprint density at radius 3 is 2.69 bits per heavy atom. The molecule has 2 heterocycles. The monoisotopic (exact) mass is 410 g/mol. The van der Waals surface area contributed by atoms with E-state index in [0.717, 1.165) is 40.9 Å². The van der Waals surface area contributed by atoms with Crippen molar-refractivity contribution in [3.8, 4) is 0 Å². The van der Waals surface area contributed by atoms with Crippen LogP contribution in [0.2, 0.25) is 0 Å². The van der Waals surface area contributed by atoms with Crippen molar-refractivity contribution in [1.82, 2.24) is 14.4 Å². The number of para-hydroxylation sites is 2. The lowest BCUT2D eigenvalue weighted by molar-refractivity contribution is 0.483. The van der Waals surface area contributed by atoms with Gasteiger partial charge in [-0.25, -0.2) is 4.98 Å². The molecule has 0 aliphatic heterocycles. The average molecular weight is 410 g/mol. The fourth-order valence-corrected chi connectivity index (χ4v) is 3.98. The Morgan fingerprint density at radius 2 is 1.90 bits per heavy atom. The molecule has 0 radical (unpaired) electrons. The number of aromatic nitrogens is 3. The summed E-state index contributed by atoms with van der Waals surface area (Å²) in [6, 6.07) is 14.6. The van der Waals surface area contributed by atoms with Gasteiger partial charge in [-0.3, -0.25) is 8.95 Å². The van der Waals surface area contributed by atoms with Crippen LogP contribution in [0.1, 0.15) is 17.5 Å². The third-order valence-corrected chi connectivity index (χ3v) is 5.96. The Balaban J connectivity index is 1.47. The molecule has 0 aliphatic rings. The molecular formula is C21H22N4O3S. The lowest BCUT2D eigenvalue weighted by Gasteiger charge is -2.18. The summed E-state index contributed by atoms with van der Waals surface area (Å²) in [7, 11) is -2.21. The van der Waals surface area contributed by atoms with Gasteiger partial charge < -0.3 is 4.90 Å². The summed E-state index contributed by atoms with van der Waals surface area (Å²) in [6.45, 7) is 2.68. The summed E-state index contributed by atoms with van der Waals surface area (Å²) in [5.41, 5.74) is 3.85. The molecule has 2 aromatic carbocycles. The molecule has 4 rings (SSSR count). The summed E-state index contributed by atoms with van der Waals surface area (Å²) in [4.78, 5) is 11.2. The molecule has 0 bridgehead atoms. The van der Waals surface area contributed by atoms with Gasteiger partial charge in [-0.2, -0.15) is 13.4 Å². The van der Waals surface area contributed by atoms with Crippen LogP contribution in [-0.4, -0.2) is 40.9 Å². The fraction of sp³-hybridized carbons (Fsp3) is 0.238. The molecular weight excluding hydrogens is 388 g/mol. The van der Waals surface area contributed by atoms with E-state index >= 15 is 0 Å². The van der Waals surface area contributed by atoms with Crippen LogP contribution in [-0.2, 0) is 16.5 Å². The normalized spacial score (nSPS) is 12.0. The Morgan fingerprint density at radius 1 is 1.10 bits per heavy atom. The minimum Gasteiger partial charge on any atom is -0.360 e. The van der Waals surface area contributed by atoms with Crippen LogP contribution in [0.5, 0.6) is 0 Å². The third-order valence-electron chi connectivity index (χ3n) is 5.11. The molecule has 7 nitrogen and oxygen atoms in total. The Hall–Kier alpha value is -2.97. The van der Waals surface area contributed by atoms with Crippen LogP contribution in [0.4, 0.5) is 5.82 Å². The molecule has 0 atom stereocenters. The minimum absolute atomic E-state index is 0.0649. The standard InChI is InChI=1S/C21H22N4O3S/c1-15-9-10-17(29(26,27)28)14-16(15)6-5-12-24(2)20-11-13-25-19-8-4-3-7-18(19)22-21(25)23-20/h3-4,7-11,13-14H,5-6,12H2,1-2H3,(H,26,27,28). The van der Waals surface area contributed by atoms with Crippen LogP contribution >= 0.6 is 0 Å². The number of fused-ring (bicyclic) bond motifs is 3. The Bertz CT molecular complexity index is 1300. The maximum atomic E-state index is 11.4. The van der Waals surface area contributed by atoms with Gasteiger partial charge in [0.15, 0.2) is 0 Å². The van der Waals surface area contributed by atoms with Crippen LogP contribution in [0, 0.1) is 6.92 Å². The van der Waals surface area contributed by atoms with E-state index in [2.05, 4.69) is 14.9 Å². The number of hydrogen-bond donors (Lipinski definition) is 1. The summed E-state index contributed by atoms with van der Waals surface area (Å²) in [6.07, 6.45) is 3.49. The minimum atomic E-state index is -4.19. The zero-order valence-electron chi connectivity index (χ0n) is 16.3. The molecule has 0 saturated heterocycles. The van der Waals surface area contributed by atoms with Crippen molar-refractivity contribution in [2.75, 3.05) is 18.5 Å². The Labute approximate surface area is 169 Å². The van der Waals surface area contributed by atoms with Crippen LogP contribution in [0.25, 0.3) is 16.8 Å². The van der Waals surface area contributed by atoms with E-state index in [1.807, 2.05) is 54.9 Å². The zero-order chi connectivity index (χ0) is 20.6. The van der Waals surface area contributed by atoms with Crippen LogP contribution in [0.15, 0.2) is 59.6 Å². The molecule has 1 N–H and O–H groups in total. The highest BCUT2D eigenvalue weighted by Gasteiger charge is 2.12. The Kier molecular flexibility index (Phi) is 4.97. The van der Waals surface area contributed by atoms with Crippen molar-refractivity contribution in [2.24, 2.45) is 0 Å². The molecule has 0 unspecified atom stereocenters. The van der Waals surface area contributed by atoms with E-state index < -0.39 is 10.1 Å². The number of hydrogen-bond acceptors (Lipinski definition) is 5. The van der Waals surface area contributed by atoms with Crippen molar-refractivity contribution in [1.29, 1.82) is 0 Å². The number of benzene rings is 2. The van der Waals surface area contributed by atoms with Crippen molar-refractivity contribution < 1.29 is 13.0 Å². The van der Waals surface area contributed by atoms with Gasteiger partial charge in [-0.15, -0.1) is 0 Å². The van der Waals surface area contributed by atoms with E-state index in [1.165, 1.54) is 6.07 Å². The molecule has 0 spiro atoms. The van der Waals surface area contributed by atoms with Gasteiger partial charge in [0.05, 0.1) is 15.9 Å². The third kappa shape index (κ3) is 3.94. The smallest absolute Gasteiger partial charge is 0.294 e. The van der Waals surface area contributed by atoms with Gasteiger partial charge in [-0.1, -0.05) is 18.2 Å². The number of rotatable bonds is 6. The first kappa shape index (κ1) is 19.4. The van der Waals surface area contributed by atoms with Gasteiger partial charge in [0.25, 0.3) is 10.1 Å². The number of aryl methyl sites for hydroxylation is 2. The zero-order valence-corrected chi connectivity index (χ0v) is 17.1. The SMILES string of the molecule is Cc1ccc(S(=O)(=O)O)cc1CCCN(C)c1ccn2c(n1)nc1ccccc12. The summed E-state index contributed by atoms with van der Waals surface area (Å²) in [5.74, 6) is 1.49. The second-order valence-corrected chi connectivity index (χ2v) is 8.57. The molecule has 0 fully saturated rings. The molecule has 150 valence electrons. The van der Waals surface area contributed by atoms with Gasteiger partial charge in [-0.05, 0) is 61.2 Å². The molecule has 2 aromatic heterocycles. The molecule has 0 aliphatic carbocycles. The lowest BCUT2D eigenvalue weighted by atomic mass is 10.0. The highest BCUT2D eigenvalue weighted by Crippen LogP contribution is 2.20. The van der Waals surface area contributed by atoms with Gasteiger partial charge in [0.1, 0.15) is 5.82 Å². The summed E-state index contributed by atoms with van der Waals surface area (Å²) < 4.78 is 34.0. The van der Waals surface area contributed by atoms with Gasteiger partial charge in [0.2, 0.25) is 5.78 Å². The van der Waals surface area contributed by atoms with E-state index in [9.17, 15) is 13.0 Å². The van der Waals surface area contributed by atoms with E-state index in [1.54, 1.807) is 12.1 Å². The summed E-state index contributed by atoms with van der Waals surface area (Å²) in [5, 5.41) is 0. The van der Waals surface area contributed by atoms with Gasteiger partial charge in [0, 0.05) is 19.8 Å². The van der Waals surface area contributed by atoms with Crippen molar-refractivity contribution in [2.45, 2.75) is 24.7 Å². The van der Waals surface area contributed by atoms with E-state index in [0.29, 0.717) is 12.2 Å². The fourth-order valence-electron chi connectivity index (χ4n) is 3.45. The van der Waals surface area contributed by atoms with Gasteiger partial charge >= 0.3 is 0 Å². The predicted octanol–water partition coefficient (Wildman–Crippen LogP) is 3.51. The van der Waals surface area contributed by atoms with E-state index in [4.69, 9.17) is 0 Å². The first-order chi connectivity index (χ1) is 13.8. The molecule has 0 saturated carbocycles. The number of anilines is 1. The topological polar surface area (TPSA) is 87.8 Å². The molecule has 4 aromatic rings. The quantitative estimate of drug-likeness (QED) is 0.490. The van der Waals surface area contributed by atoms with Crippen molar-refractivity contribution in [3.63, 3.8) is 0 Å². The highest BCUT2D eigenvalue weighted by atomic mass is 32.2. The second-order valence-electron chi connectivity index (χ2n) is 7.14. The average Bonchev–Trinajstić information content (AvgIpc) is 3.06. The molecule has 8 heteroatoms. The van der Waals surface area contributed by atoms with Crippen LogP contribution < -0.4 is 4.90 Å². The lowest BCUT2D eigenvalue weighted by Crippen LogP contribution is -2.20. The largest absolute Gasteiger partial charge is 0.360 e. The van der Waals surface area contributed by atoms with Crippen molar-refractivity contribution >= 4 is 32.7 Å². The van der Waals surface area contributed by atoms with Crippen molar-refractivity contribution in [3.05, 3.63) is 65.9 Å². The predicted molar refractivity (Wildman–Crippen MR) is 113 cm³/mol. The maximum Gasteiger partial charge on any atom is 0.294 e. The number of imidazole rings is 1.